The summed E-state index contributed by atoms with van der Waals surface area (Å²) in [7, 11) is -2.13. The predicted molar refractivity (Wildman–Crippen MR) is 125 cm³/mol. The van der Waals surface area contributed by atoms with E-state index >= 15 is 0 Å². The number of rotatable bonds is 6. The van der Waals surface area contributed by atoms with Crippen LogP contribution < -0.4 is 5.32 Å². The number of sulfonamides is 1. The molecule has 4 fully saturated rings. The van der Waals surface area contributed by atoms with Crippen molar-refractivity contribution in [1.29, 1.82) is 0 Å². The fourth-order valence-corrected chi connectivity index (χ4v) is 8.79. The van der Waals surface area contributed by atoms with Gasteiger partial charge < -0.3 is 14.8 Å². The summed E-state index contributed by atoms with van der Waals surface area (Å²) in [5.74, 6) is -1.27. The van der Waals surface area contributed by atoms with Crippen LogP contribution >= 0.6 is 11.6 Å². The van der Waals surface area contributed by atoms with Crippen LogP contribution in [0.4, 0.5) is 8.78 Å². The fourth-order valence-electron chi connectivity index (χ4n) is 6.14. The molecule has 1 amide bonds. The first kappa shape index (κ1) is 26.5. The van der Waals surface area contributed by atoms with E-state index in [2.05, 4.69) is 5.32 Å². The van der Waals surface area contributed by atoms with Gasteiger partial charge in [0.05, 0.1) is 36.0 Å². The topological polar surface area (TPSA) is 84.9 Å². The molecule has 7 atom stereocenters. The number of carbonyl (C=O) groups excluding carboxylic acids is 1. The van der Waals surface area contributed by atoms with Crippen LogP contribution in [0.25, 0.3) is 0 Å². The fraction of sp³-hybridized carbons (Fsp3) is 0.957. The number of alkyl halides is 3. The molecule has 1 saturated heterocycles. The predicted octanol–water partition coefficient (Wildman–Crippen LogP) is 3.10. The number of halogens is 3. The van der Waals surface area contributed by atoms with Crippen molar-refractivity contribution in [1.82, 2.24) is 9.62 Å². The Hall–Kier alpha value is -0.550. The van der Waals surface area contributed by atoms with E-state index in [1.165, 1.54) is 4.31 Å². The molecule has 0 aromatic heterocycles. The lowest BCUT2D eigenvalue weighted by Crippen LogP contribution is -2.63. The first-order chi connectivity index (χ1) is 16.2. The molecule has 11 heteroatoms. The van der Waals surface area contributed by atoms with E-state index in [1.54, 1.807) is 7.11 Å². The number of nitrogens with zero attached hydrogens (tertiary/aromatic N) is 1. The zero-order valence-corrected chi connectivity index (χ0v) is 21.3. The number of methoxy groups -OCH3 is 1. The van der Waals surface area contributed by atoms with E-state index in [9.17, 15) is 22.0 Å². The minimum atomic E-state index is -3.68. The zero-order valence-electron chi connectivity index (χ0n) is 19.7. The monoisotopic (exact) mass is 526 g/mol. The smallest absolute Gasteiger partial charge is 0.227 e. The number of nitrogens with one attached hydrogen (secondary N) is 1. The van der Waals surface area contributed by atoms with Crippen LogP contribution in [-0.2, 0) is 24.3 Å². The minimum Gasteiger partial charge on any atom is -0.382 e. The maximum atomic E-state index is 14.4. The molecule has 196 valence electrons. The first-order valence-corrected chi connectivity index (χ1v) is 14.5. The SMILES string of the molecule is COCC1CN(S(=O)(=O)C2CCC(F)CC2)C2CC(NC(=O)C3C(F)CCCC3Cl)CCC2O1. The second-order valence-electron chi connectivity index (χ2n) is 10.3. The molecule has 0 spiro atoms. The largest absolute Gasteiger partial charge is 0.382 e. The van der Waals surface area contributed by atoms with Gasteiger partial charge in [0.1, 0.15) is 12.3 Å². The zero-order chi connectivity index (χ0) is 24.5. The van der Waals surface area contributed by atoms with E-state index in [1.807, 2.05) is 0 Å². The van der Waals surface area contributed by atoms with Crippen LogP contribution in [0.1, 0.15) is 64.2 Å². The summed E-state index contributed by atoms with van der Waals surface area (Å²) in [5, 5.41) is 1.82. The van der Waals surface area contributed by atoms with Gasteiger partial charge in [0.2, 0.25) is 15.9 Å². The van der Waals surface area contributed by atoms with Crippen molar-refractivity contribution in [2.45, 2.75) is 111 Å². The van der Waals surface area contributed by atoms with E-state index in [-0.39, 0.29) is 50.2 Å². The molecule has 34 heavy (non-hydrogen) atoms. The van der Waals surface area contributed by atoms with Gasteiger partial charge in [-0.1, -0.05) is 0 Å². The molecule has 0 aromatic carbocycles. The molecule has 0 bridgehead atoms. The third-order valence-corrected chi connectivity index (χ3v) is 10.8. The summed E-state index contributed by atoms with van der Waals surface area (Å²) in [6.45, 7) is 0.454. The summed E-state index contributed by atoms with van der Waals surface area (Å²) in [6, 6.07) is -0.715. The molecule has 4 aliphatic rings. The summed E-state index contributed by atoms with van der Waals surface area (Å²) in [5.41, 5.74) is 0. The quantitative estimate of drug-likeness (QED) is 0.538. The Balaban J connectivity index is 1.48. The van der Waals surface area contributed by atoms with Gasteiger partial charge in [-0.2, -0.15) is 4.31 Å². The van der Waals surface area contributed by atoms with Crippen LogP contribution in [0.3, 0.4) is 0 Å². The van der Waals surface area contributed by atoms with Crippen LogP contribution in [0.2, 0.25) is 0 Å². The molecule has 3 saturated carbocycles. The van der Waals surface area contributed by atoms with E-state index in [0.717, 1.165) is 0 Å². The lowest BCUT2D eigenvalue weighted by atomic mass is 9.84. The molecule has 7 nitrogen and oxygen atoms in total. The molecule has 0 aromatic rings. The van der Waals surface area contributed by atoms with Crippen LogP contribution in [-0.4, -0.2) is 86.2 Å². The Morgan fingerprint density at radius 2 is 1.85 bits per heavy atom. The second-order valence-corrected chi connectivity index (χ2v) is 13.0. The molecule has 7 unspecified atom stereocenters. The Labute approximate surface area is 206 Å². The number of hydrogen-bond donors (Lipinski definition) is 1. The molecule has 0 radical (unpaired) electrons. The average molecular weight is 527 g/mol. The van der Waals surface area contributed by atoms with Crippen molar-refractivity contribution in [3.63, 3.8) is 0 Å². The number of carbonyl (C=O) groups is 1. The number of ether oxygens (including phenoxy) is 2. The van der Waals surface area contributed by atoms with Gasteiger partial charge in [0.15, 0.2) is 0 Å². The molecule has 4 rings (SSSR count). The molecule has 1 N–H and O–H groups in total. The summed E-state index contributed by atoms with van der Waals surface area (Å²) in [6.07, 6.45) is 1.44. The van der Waals surface area contributed by atoms with Crippen molar-refractivity contribution < 1.29 is 31.5 Å². The Bertz CT molecular complexity index is 803. The molecule has 1 heterocycles. The summed E-state index contributed by atoms with van der Waals surface area (Å²) in [4.78, 5) is 12.9. The van der Waals surface area contributed by atoms with Crippen molar-refractivity contribution in [3.05, 3.63) is 0 Å². The highest BCUT2D eigenvalue weighted by atomic mass is 35.5. The summed E-state index contributed by atoms with van der Waals surface area (Å²) >= 11 is 6.28. The average Bonchev–Trinajstić information content (AvgIpc) is 2.79. The maximum Gasteiger partial charge on any atom is 0.227 e. The van der Waals surface area contributed by atoms with Crippen molar-refractivity contribution >= 4 is 27.5 Å². The van der Waals surface area contributed by atoms with Gasteiger partial charge in [0.25, 0.3) is 0 Å². The Morgan fingerprint density at radius 3 is 2.53 bits per heavy atom. The van der Waals surface area contributed by atoms with Gasteiger partial charge in [-0.25, -0.2) is 17.2 Å². The Kier molecular flexibility index (Phi) is 8.76. The first-order valence-electron chi connectivity index (χ1n) is 12.6. The third-order valence-electron chi connectivity index (χ3n) is 7.97. The van der Waals surface area contributed by atoms with Crippen LogP contribution in [0, 0.1) is 5.92 Å². The highest BCUT2D eigenvalue weighted by Gasteiger charge is 2.49. The molecule has 3 aliphatic carbocycles. The highest BCUT2D eigenvalue weighted by Crippen LogP contribution is 2.37. The number of fused-ring (bicyclic) bond motifs is 1. The minimum absolute atomic E-state index is 0.173. The number of amides is 1. The maximum absolute atomic E-state index is 14.4. The van der Waals surface area contributed by atoms with Crippen LogP contribution in [0.5, 0.6) is 0 Å². The molecule has 1 aliphatic heterocycles. The lowest BCUT2D eigenvalue weighted by Gasteiger charge is -2.49. The van der Waals surface area contributed by atoms with E-state index in [0.29, 0.717) is 51.4 Å². The number of hydrogen-bond acceptors (Lipinski definition) is 5. The highest BCUT2D eigenvalue weighted by molar-refractivity contribution is 7.89. The van der Waals surface area contributed by atoms with Gasteiger partial charge in [-0.3, -0.25) is 4.79 Å². The van der Waals surface area contributed by atoms with Crippen molar-refractivity contribution in [2.75, 3.05) is 20.3 Å². The van der Waals surface area contributed by atoms with Gasteiger partial charge in [-0.05, 0) is 64.2 Å². The van der Waals surface area contributed by atoms with Crippen molar-refractivity contribution in [3.8, 4) is 0 Å². The van der Waals surface area contributed by atoms with Gasteiger partial charge in [-0.15, -0.1) is 11.6 Å². The Morgan fingerprint density at radius 1 is 1.12 bits per heavy atom. The molecular formula is C23H37ClF2N2O5S. The van der Waals surface area contributed by atoms with Crippen LogP contribution in [0.15, 0.2) is 0 Å². The number of morpholine rings is 1. The second kappa shape index (κ2) is 11.2. The van der Waals surface area contributed by atoms with E-state index in [4.69, 9.17) is 21.1 Å². The van der Waals surface area contributed by atoms with Gasteiger partial charge in [0, 0.05) is 25.1 Å². The third kappa shape index (κ3) is 5.71. The summed E-state index contributed by atoms with van der Waals surface area (Å²) < 4.78 is 68.4. The standard InChI is InChI=1S/C23H37ClF2N2O5S/c1-32-13-16-12-28(34(30,31)17-8-5-14(25)6-9-17)20-11-15(7-10-21(20)33-16)27-23(29)22-18(24)3-2-4-19(22)26/h14-22H,2-13H2,1H3,(H,27,29). The van der Waals surface area contributed by atoms with Gasteiger partial charge >= 0.3 is 0 Å². The van der Waals surface area contributed by atoms with Crippen molar-refractivity contribution in [2.24, 2.45) is 5.92 Å². The normalized spacial score (nSPS) is 42.1. The van der Waals surface area contributed by atoms with E-state index < -0.39 is 45.0 Å². The molecular weight excluding hydrogens is 490 g/mol. The lowest BCUT2D eigenvalue weighted by molar-refractivity contribution is -0.137.